The van der Waals surface area contributed by atoms with Crippen molar-refractivity contribution in [2.45, 2.75) is 13.8 Å². The Kier molecular flexibility index (Phi) is 8.89. The normalized spacial score (nSPS) is 12.1. The number of rotatable bonds is 8. The Morgan fingerprint density at radius 2 is 1.55 bits per heavy atom. The first-order valence-electron chi connectivity index (χ1n) is 9.44. The van der Waals surface area contributed by atoms with Crippen LogP contribution in [0.1, 0.15) is 37.4 Å². The van der Waals surface area contributed by atoms with E-state index in [1.807, 2.05) is 6.07 Å². The summed E-state index contributed by atoms with van der Waals surface area (Å²) in [6, 6.07) is 15.3. The molecule has 10 heteroatoms. The van der Waals surface area contributed by atoms with Gasteiger partial charge < -0.3 is 23.8 Å². The van der Waals surface area contributed by atoms with Gasteiger partial charge in [-0.1, -0.05) is 36.4 Å². The van der Waals surface area contributed by atoms with Crippen LogP contribution in [0, 0.1) is 13.8 Å². The van der Waals surface area contributed by atoms with E-state index in [2.05, 4.69) is 0 Å². The molecular formula is C23H20NaO8P. The molecule has 1 unspecified atom stereocenters. The number of carbonyl (C=O) groups excluding carboxylic acids is 1. The molecule has 33 heavy (non-hydrogen) atoms. The third-order valence-corrected chi connectivity index (χ3v) is 5.30. The molecule has 0 saturated carbocycles. The molecular weight excluding hydrogens is 458 g/mol. The van der Waals surface area contributed by atoms with Crippen molar-refractivity contribution in [3.8, 4) is 17.2 Å². The second-order valence-corrected chi connectivity index (χ2v) is 8.23. The molecule has 166 valence electrons. The first-order valence-corrected chi connectivity index (χ1v) is 10.9. The molecule has 0 aliphatic heterocycles. The zero-order chi connectivity index (χ0) is 23.5. The Morgan fingerprint density at radius 1 is 0.939 bits per heavy atom. The van der Waals surface area contributed by atoms with Gasteiger partial charge >= 0.3 is 43.3 Å². The van der Waals surface area contributed by atoms with Gasteiger partial charge in [0.25, 0.3) is 0 Å². The Bertz CT molecular complexity index is 1210. The van der Waals surface area contributed by atoms with E-state index in [0.717, 1.165) is 24.3 Å². The van der Waals surface area contributed by atoms with Gasteiger partial charge in [0.15, 0.2) is 17.3 Å². The van der Waals surface area contributed by atoms with E-state index in [0.29, 0.717) is 0 Å². The van der Waals surface area contributed by atoms with Gasteiger partial charge in [-0.2, -0.15) is 0 Å². The molecule has 0 amide bonds. The molecule has 3 aromatic rings. The van der Waals surface area contributed by atoms with Gasteiger partial charge in [-0.3, -0.25) is 4.79 Å². The van der Waals surface area contributed by atoms with Crippen molar-refractivity contribution in [3.63, 3.8) is 0 Å². The molecule has 0 bridgehead atoms. The number of methoxy groups -OCH3 is 1. The maximum Gasteiger partial charge on any atom is 1.00 e. The van der Waals surface area contributed by atoms with Gasteiger partial charge in [0.2, 0.25) is 0 Å². The number of ketones is 1. The third kappa shape index (κ3) is 6.47. The van der Waals surface area contributed by atoms with Gasteiger partial charge in [-0.05, 0) is 49.2 Å². The summed E-state index contributed by atoms with van der Waals surface area (Å²) in [5.74, 6) is -2.84. The summed E-state index contributed by atoms with van der Waals surface area (Å²) in [5, 5.41) is 9.73. The Labute approximate surface area is 213 Å². The second-order valence-electron chi connectivity index (χ2n) is 6.97. The SMILES string of the molecule is COc1c(OP(=O)([O-])Oc2cc(C)cc(C)c2)ccc(C(=O)c2ccccc2)c1C(=O)O.[Na+]. The molecule has 1 N–H and O–H groups in total. The predicted octanol–water partition coefficient (Wildman–Crippen LogP) is 1.17. The number of carbonyl (C=O) groups is 2. The summed E-state index contributed by atoms with van der Waals surface area (Å²) in [6.07, 6.45) is 0. The van der Waals surface area contributed by atoms with Crippen LogP contribution in [-0.2, 0) is 4.57 Å². The minimum absolute atomic E-state index is 0. The first-order chi connectivity index (χ1) is 15.1. The number of carboxylic acids is 1. The number of hydrogen-bond acceptors (Lipinski definition) is 7. The van der Waals surface area contributed by atoms with Gasteiger partial charge in [-0.25, -0.2) is 9.36 Å². The van der Waals surface area contributed by atoms with Crippen molar-refractivity contribution in [2.24, 2.45) is 0 Å². The van der Waals surface area contributed by atoms with Crippen LogP contribution in [0.4, 0.5) is 0 Å². The maximum atomic E-state index is 12.8. The zero-order valence-electron chi connectivity index (χ0n) is 18.5. The van der Waals surface area contributed by atoms with Gasteiger partial charge in [0.05, 0.1) is 7.11 Å². The molecule has 0 radical (unpaired) electrons. The first kappa shape index (κ1) is 26.6. The Balaban J connectivity index is 0.00000385. The zero-order valence-corrected chi connectivity index (χ0v) is 21.4. The van der Waals surface area contributed by atoms with E-state index in [-0.39, 0.29) is 46.4 Å². The van der Waals surface area contributed by atoms with Gasteiger partial charge in [0.1, 0.15) is 11.3 Å². The van der Waals surface area contributed by atoms with E-state index < -0.39 is 36.6 Å². The van der Waals surface area contributed by atoms with Crippen LogP contribution >= 0.6 is 7.82 Å². The molecule has 0 saturated heterocycles. The fourth-order valence-corrected chi connectivity index (χ4v) is 4.02. The molecule has 8 nitrogen and oxygen atoms in total. The van der Waals surface area contributed by atoms with Crippen molar-refractivity contribution in [1.29, 1.82) is 0 Å². The minimum Gasteiger partial charge on any atom is -0.736 e. The standard InChI is InChI=1S/C23H21O8P.Na/c1-14-11-15(2)13-17(12-14)30-32(27,28)31-19-10-9-18(20(23(25)26)22(19)29-3)21(24)16-7-5-4-6-8-16;/h4-13H,1-3H3,(H,25,26)(H,27,28);/q;+1/p-1. The van der Waals surface area contributed by atoms with Crippen LogP contribution in [0.25, 0.3) is 0 Å². The van der Waals surface area contributed by atoms with Crippen LogP contribution in [0.5, 0.6) is 17.2 Å². The van der Waals surface area contributed by atoms with Gasteiger partial charge in [0, 0.05) is 11.1 Å². The van der Waals surface area contributed by atoms with Crippen molar-refractivity contribution in [1.82, 2.24) is 0 Å². The molecule has 0 heterocycles. The monoisotopic (exact) mass is 478 g/mol. The number of benzene rings is 3. The van der Waals surface area contributed by atoms with Crippen molar-refractivity contribution in [3.05, 3.63) is 88.5 Å². The smallest absolute Gasteiger partial charge is 0.736 e. The molecule has 0 fully saturated rings. The van der Waals surface area contributed by atoms with Crippen LogP contribution in [0.2, 0.25) is 0 Å². The average Bonchev–Trinajstić information content (AvgIpc) is 2.72. The number of aryl methyl sites for hydroxylation is 2. The van der Waals surface area contributed by atoms with Crippen LogP contribution in [-0.4, -0.2) is 24.0 Å². The fraction of sp³-hybridized carbons (Fsp3) is 0.130. The van der Waals surface area contributed by atoms with Crippen molar-refractivity contribution in [2.75, 3.05) is 7.11 Å². The summed E-state index contributed by atoms with van der Waals surface area (Å²) in [6.45, 7) is 3.56. The number of hydrogen-bond donors (Lipinski definition) is 1. The largest absolute Gasteiger partial charge is 1.00 e. The molecule has 3 aromatic carbocycles. The van der Waals surface area contributed by atoms with E-state index >= 15 is 0 Å². The van der Waals surface area contributed by atoms with E-state index in [1.165, 1.54) is 30.3 Å². The topological polar surface area (TPSA) is 122 Å². The molecule has 0 aliphatic carbocycles. The van der Waals surface area contributed by atoms with Crippen molar-refractivity contribution < 1.29 is 67.5 Å². The molecule has 0 aromatic heterocycles. The van der Waals surface area contributed by atoms with E-state index in [1.54, 1.807) is 32.0 Å². The van der Waals surface area contributed by atoms with Crippen LogP contribution in [0.3, 0.4) is 0 Å². The van der Waals surface area contributed by atoms with Gasteiger partial charge in [-0.15, -0.1) is 0 Å². The number of phosphoric ester groups is 1. The summed E-state index contributed by atoms with van der Waals surface area (Å²) >= 11 is 0. The second kappa shape index (κ2) is 11.0. The maximum absolute atomic E-state index is 12.8. The summed E-state index contributed by atoms with van der Waals surface area (Å²) in [7, 11) is -3.83. The Morgan fingerprint density at radius 3 is 2.09 bits per heavy atom. The minimum atomic E-state index is -4.97. The van der Waals surface area contributed by atoms with Crippen LogP contribution < -0.4 is 48.2 Å². The van der Waals surface area contributed by atoms with E-state index in [9.17, 15) is 24.2 Å². The summed E-state index contributed by atoms with van der Waals surface area (Å²) in [5.41, 5.74) is 1.14. The number of phosphoric acid groups is 1. The van der Waals surface area contributed by atoms with Crippen LogP contribution in [0.15, 0.2) is 60.7 Å². The van der Waals surface area contributed by atoms with Crippen molar-refractivity contribution >= 4 is 19.6 Å². The molecule has 1 atom stereocenters. The third-order valence-electron chi connectivity index (χ3n) is 4.44. The molecule has 0 aliphatic rings. The Hall–Kier alpha value is -2.61. The number of carboxylic acid groups (broad SMARTS) is 1. The van der Waals surface area contributed by atoms with E-state index in [4.69, 9.17) is 13.8 Å². The molecule has 3 rings (SSSR count). The summed E-state index contributed by atoms with van der Waals surface area (Å²) in [4.78, 5) is 37.3. The number of aromatic carboxylic acids is 1. The quantitative estimate of drug-likeness (QED) is 0.291. The average molecular weight is 478 g/mol. The predicted molar refractivity (Wildman–Crippen MR) is 115 cm³/mol. The summed E-state index contributed by atoms with van der Waals surface area (Å²) < 4.78 is 27.7. The molecule has 0 spiro atoms. The fourth-order valence-electron chi connectivity index (χ4n) is 3.24. The number of ether oxygens (including phenoxy) is 1.